The fraction of sp³-hybridized carbons (Fsp3) is 0.500. The van der Waals surface area contributed by atoms with Gasteiger partial charge in [-0.15, -0.1) is 0 Å². The maximum absolute atomic E-state index is 11.4. The SMILES string of the molecule is CCI(CC)C1=NC(c2cnc(=O)[nH]c2)=Ic2c1nc1n2CCNC1(C)C. The van der Waals surface area contributed by atoms with Crippen molar-refractivity contribution in [2.24, 2.45) is 4.99 Å². The van der Waals surface area contributed by atoms with Crippen molar-refractivity contribution in [3.63, 3.8) is 0 Å². The average molecular weight is 594 g/mol. The molecule has 2 N–H and O–H groups in total. The first kappa shape index (κ1) is 19.4. The molecule has 0 radical (unpaired) electrons. The Hall–Kier alpha value is -0.950. The summed E-state index contributed by atoms with van der Waals surface area (Å²) < 4.78 is 8.56. The van der Waals surface area contributed by atoms with Crippen LogP contribution >= 0.6 is 40.6 Å². The third-order valence-corrected chi connectivity index (χ3v) is 13.6. The van der Waals surface area contributed by atoms with Crippen LogP contribution in [0.25, 0.3) is 0 Å². The zero-order valence-corrected chi connectivity index (χ0v) is 20.3. The average Bonchev–Trinajstić information content (AvgIpc) is 3.04. The van der Waals surface area contributed by atoms with Gasteiger partial charge in [0.25, 0.3) is 0 Å². The van der Waals surface area contributed by atoms with Crippen molar-refractivity contribution in [2.75, 3.05) is 15.4 Å². The standard InChI is InChI=1S/C18H24I2N6O/c1-5-20(6-2)15-12-14(26-8-7-23-18(3,4)16(26)24-12)19-13(25-15)11-9-21-17(27)22-10-11/h9-10,23H,5-8H2,1-4H3,(H,21,22,27). The zero-order chi connectivity index (χ0) is 19.2. The van der Waals surface area contributed by atoms with E-state index in [2.05, 4.69) is 47.5 Å². The van der Waals surface area contributed by atoms with Crippen molar-refractivity contribution in [3.8, 4) is 0 Å². The first-order chi connectivity index (χ1) is 12.9. The first-order valence-electron chi connectivity index (χ1n) is 9.08. The third kappa shape index (κ3) is 3.46. The molecule has 0 fully saturated rings. The fourth-order valence-corrected chi connectivity index (χ4v) is 11.4. The first-order valence-corrected chi connectivity index (χ1v) is 15.4. The molecular formula is C18H24I2N6O. The summed E-state index contributed by atoms with van der Waals surface area (Å²) in [6, 6.07) is 0. The van der Waals surface area contributed by atoms with E-state index in [1.54, 1.807) is 12.4 Å². The van der Waals surface area contributed by atoms with Gasteiger partial charge in [0.1, 0.15) is 0 Å². The molecule has 0 saturated heterocycles. The molecule has 2 aliphatic heterocycles. The molecule has 146 valence electrons. The normalized spacial score (nSPS) is 18.6. The number of imidazole rings is 1. The van der Waals surface area contributed by atoms with E-state index < -0.39 is 40.6 Å². The van der Waals surface area contributed by atoms with Crippen LogP contribution in [0.5, 0.6) is 0 Å². The quantitative estimate of drug-likeness (QED) is 0.421. The van der Waals surface area contributed by atoms with E-state index in [1.807, 2.05) is 0 Å². The molecule has 27 heavy (non-hydrogen) atoms. The summed E-state index contributed by atoms with van der Waals surface area (Å²) in [5.41, 5.74) is 1.67. The molecule has 0 aromatic carbocycles. The number of aromatic nitrogens is 4. The summed E-state index contributed by atoms with van der Waals surface area (Å²) in [7, 11) is 0. The molecule has 0 atom stereocenters. The van der Waals surface area contributed by atoms with Gasteiger partial charge in [0.15, 0.2) is 0 Å². The van der Waals surface area contributed by atoms with Crippen LogP contribution in [0.2, 0.25) is 0 Å². The Labute approximate surface area is 175 Å². The number of rotatable bonds is 4. The molecule has 4 rings (SSSR count). The Bertz CT molecular complexity index is 979. The molecule has 2 aromatic heterocycles. The molecule has 2 aromatic rings. The number of hydrogen-bond donors (Lipinski definition) is 2. The Balaban J connectivity index is 1.93. The van der Waals surface area contributed by atoms with Crippen LogP contribution in [0.3, 0.4) is 0 Å². The van der Waals surface area contributed by atoms with E-state index in [4.69, 9.17) is 9.98 Å². The van der Waals surface area contributed by atoms with Gasteiger partial charge in [0.2, 0.25) is 0 Å². The van der Waals surface area contributed by atoms with Gasteiger partial charge >= 0.3 is 177 Å². The van der Waals surface area contributed by atoms with E-state index >= 15 is 0 Å². The summed E-state index contributed by atoms with van der Waals surface area (Å²) in [6.07, 6.45) is 3.42. The molecule has 0 unspecified atom stereocenters. The molecule has 0 saturated carbocycles. The van der Waals surface area contributed by atoms with E-state index in [-0.39, 0.29) is 11.2 Å². The predicted molar refractivity (Wildman–Crippen MR) is 127 cm³/mol. The van der Waals surface area contributed by atoms with Gasteiger partial charge in [0.05, 0.1) is 0 Å². The van der Waals surface area contributed by atoms with Gasteiger partial charge < -0.3 is 0 Å². The van der Waals surface area contributed by atoms with E-state index in [0.29, 0.717) is 0 Å². The molecule has 0 aliphatic carbocycles. The number of nitrogens with zero attached hydrogens (tertiary/aromatic N) is 4. The molecule has 4 heterocycles. The van der Waals surface area contributed by atoms with Gasteiger partial charge in [0, 0.05) is 0 Å². The zero-order valence-electron chi connectivity index (χ0n) is 15.9. The monoisotopic (exact) mass is 594 g/mol. The van der Waals surface area contributed by atoms with Crippen molar-refractivity contribution < 1.29 is 0 Å². The Kier molecular flexibility index (Phi) is 5.36. The second kappa shape index (κ2) is 7.47. The van der Waals surface area contributed by atoms with Crippen LogP contribution in [0.15, 0.2) is 22.2 Å². The van der Waals surface area contributed by atoms with Gasteiger partial charge in [-0.1, -0.05) is 0 Å². The molecular weight excluding hydrogens is 570 g/mol. The molecule has 9 heteroatoms. The second-order valence-corrected chi connectivity index (χ2v) is 16.1. The summed E-state index contributed by atoms with van der Waals surface area (Å²) in [5, 5.41) is 3.59. The topological polar surface area (TPSA) is 88.0 Å². The van der Waals surface area contributed by atoms with Crippen LogP contribution in [0.4, 0.5) is 0 Å². The van der Waals surface area contributed by atoms with E-state index in [0.717, 1.165) is 28.1 Å². The molecule has 2 aliphatic rings. The maximum atomic E-state index is 11.4. The van der Waals surface area contributed by atoms with Crippen molar-refractivity contribution in [2.45, 2.75) is 39.8 Å². The van der Waals surface area contributed by atoms with Crippen LogP contribution in [0, 0.1) is 3.70 Å². The van der Waals surface area contributed by atoms with Crippen molar-refractivity contribution >= 4 is 47.9 Å². The number of hydrogen-bond acceptors (Lipinski definition) is 5. The van der Waals surface area contributed by atoms with Crippen molar-refractivity contribution in [1.29, 1.82) is 0 Å². The number of alkyl halides is 2. The van der Waals surface area contributed by atoms with Gasteiger partial charge in [-0.2, -0.15) is 0 Å². The Morgan fingerprint density at radius 1 is 1.33 bits per heavy atom. The Morgan fingerprint density at radius 2 is 2.11 bits per heavy atom. The van der Waals surface area contributed by atoms with Gasteiger partial charge in [-0.25, -0.2) is 0 Å². The number of fused-ring (bicyclic) bond motifs is 3. The fourth-order valence-electron chi connectivity index (χ4n) is 3.35. The van der Waals surface area contributed by atoms with Crippen LogP contribution in [-0.2, 0) is 12.1 Å². The molecule has 0 amide bonds. The third-order valence-electron chi connectivity index (χ3n) is 4.75. The molecule has 0 spiro atoms. The van der Waals surface area contributed by atoms with Crippen LogP contribution in [-0.4, -0.2) is 42.3 Å². The van der Waals surface area contributed by atoms with Gasteiger partial charge in [-0.3, -0.25) is 0 Å². The summed E-state index contributed by atoms with van der Waals surface area (Å²) in [4.78, 5) is 28.3. The van der Waals surface area contributed by atoms with E-state index in [9.17, 15) is 4.79 Å². The Morgan fingerprint density at radius 3 is 2.78 bits per heavy atom. The summed E-state index contributed by atoms with van der Waals surface area (Å²) in [6.45, 7) is 10.9. The number of aliphatic imine (C=N–C) groups is 1. The van der Waals surface area contributed by atoms with E-state index in [1.165, 1.54) is 22.0 Å². The predicted octanol–water partition coefficient (Wildman–Crippen LogP) is 2.43. The summed E-state index contributed by atoms with van der Waals surface area (Å²) >= 11 is -1.86. The number of nitrogens with one attached hydrogen (secondary N) is 2. The number of aromatic amines is 1. The molecule has 0 bridgehead atoms. The van der Waals surface area contributed by atoms with Crippen molar-refractivity contribution in [3.05, 3.63) is 43.7 Å². The molecule has 7 nitrogen and oxygen atoms in total. The number of halogens is 2. The summed E-state index contributed by atoms with van der Waals surface area (Å²) in [5.74, 6) is 1.13. The number of H-pyrrole nitrogens is 1. The second-order valence-electron chi connectivity index (χ2n) is 6.86. The minimum absolute atomic E-state index is 0.123. The van der Waals surface area contributed by atoms with Gasteiger partial charge in [-0.05, 0) is 0 Å². The van der Waals surface area contributed by atoms with Crippen LogP contribution in [0.1, 0.15) is 44.8 Å². The van der Waals surface area contributed by atoms with Crippen molar-refractivity contribution in [1.82, 2.24) is 24.8 Å². The van der Waals surface area contributed by atoms with Crippen LogP contribution < -0.4 is 11.0 Å². The minimum atomic E-state index is -1.38.